The van der Waals surface area contributed by atoms with Crippen molar-refractivity contribution < 1.29 is 8.94 Å². The number of hydrogen-bond donors (Lipinski definition) is 1. The molecule has 0 aliphatic heterocycles. The van der Waals surface area contributed by atoms with E-state index in [2.05, 4.69) is 17.4 Å². The predicted molar refractivity (Wildman–Crippen MR) is 71.8 cm³/mol. The SMILES string of the molecule is Cc1ccc([C@H](C)NCc2noc3c2CCCC3)o1. The standard InChI is InChI=1S/C15H20N2O2/c1-10-7-8-14(18-10)11(2)16-9-13-12-5-3-4-6-15(12)19-17-13/h7-8,11,16H,3-6,9H2,1-2H3/t11-/m0/s1. The zero-order chi connectivity index (χ0) is 13.2. The highest BCUT2D eigenvalue weighted by Crippen LogP contribution is 2.24. The van der Waals surface area contributed by atoms with Gasteiger partial charge in [0.1, 0.15) is 23.0 Å². The highest BCUT2D eigenvalue weighted by Gasteiger charge is 2.19. The van der Waals surface area contributed by atoms with Gasteiger partial charge < -0.3 is 14.3 Å². The first-order valence-electron chi connectivity index (χ1n) is 7.00. The Labute approximate surface area is 113 Å². The van der Waals surface area contributed by atoms with Crippen LogP contribution in [0.25, 0.3) is 0 Å². The molecule has 4 nitrogen and oxygen atoms in total. The molecule has 2 heterocycles. The molecule has 4 heteroatoms. The van der Waals surface area contributed by atoms with Gasteiger partial charge in [0, 0.05) is 18.5 Å². The van der Waals surface area contributed by atoms with Gasteiger partial charge in [0.2, 0.25) is 0 Å². The molecule has 1 aliphatic rings. The van der Waals surface area contributed by atoms with Crippen molar-refractivity contribution in [3.63, 3.8) is 0 Å². The minimum absolute atomic E-state index is 0.185. The molecule has 0 unspecified atom stereocenters. The molecule has 0 aromatic carbocycles. The lowest BCUT2D eigenvalue weighted by Crippen LogP contribution is -2.19. The zero-order valence-electron chi connectivity index (χ0n) is 11.5. The van der Waals surface area contributed by atoms with Gasteiger partial charge in [0.25, 0.3) is 0 Å². The van der Waals surface area contributed by atoms with E-state index in [0.717, 1.165) is 42.4 Å². The van der Waals surface area contributed by atoms with Crippen molar-refractivity contribution in [1.82, 2.24) is 10.5 Å². The minimum atomic E-state index is 0.185. The number of furan rings is 1. The van der Waals surface area contributed by atoms with Crippen LogP contribution < -0.4 is 5.32 Å². The summed E-state index contributed by atoms with van der Waals surface area (Å²) in [6.07, 6.45) is 4.60. The Hall–Kier alpha value is -1.55. The van der Waals surface area contributed by atoms with Crippen LogP contribution in [0.15, 0.2) is 21.1 Å². The van der Waals surface area contributed by atoms with E-state index in [-0.39, 0.29) is 6.04 Å². The first-order chi connectivity index (χ1) is 9.24. The Morgan fingerprint density at radius 2 is 2.16 bits per heavy atom. The van der Waals surface area contributed by atoms with Crippen molar-refractivity contribution in [3.05, 3.63) is 40.7 Å². The Morgan fingerprint density at radius 3 is 2.95 bits per heavy atom. The molecule has 2 aromatic rings. The normalized spacial score (nSPS) is 16.3. The van der Waals surface area contributed by atoms with Gasteiger partial charge in [-0.1, -0.05) is 5.16 Å². The predicted octanol–water partition coefficient (Wildman–Crippen LogP) is 3.31. The molecule has 0 saturated carbocycles. The summed E-state index contributed by atoms with van der Waals surface area (Å²) >= 11 is 0. The summed E-state index contributed by atoms with van der Waals surface area (Å²) in [4.78, 5) is 0. The average Bonchev–Trinajstić information content (AvgIpc) is 3.02. The molecule has 1 aliphatic carbocycles. The molecule has 0 spiro atoms. The van der Waals surface area contributed by atoms with Crippen LogP contribution >= 0.6 is 0 Å². The van der Waals surface area contributed by atoms with Crippen LogP contribution in [0.3, 0.4) is 0 Å². The van der Waals surface area contributed by atoms with Crippen LogP contribution in [0.1, 0.15) is 54.3 Å². The van der Waals surface area contributed by atoms with E-state index in [1.165, 1.54) is 18.4 Å². The number of aryl methyl sites for hydroxylation is 2. The van der Waals surface area contributed by atoms with Crippen molar-refractivity contribution >= 4 is 0 Å². The van der Waals surface area contributed by atoms with Gasteiger partial charge in [-0.05, 0) is 45.2 Å². The molecule has 0 fully saturated rings. The Bertz CT molecular complexity index is 556. The van der Waals surface area contributed by atoms with Gasteiger partial charge in [-0.15, -0.1) is 0 Å². The largest absolute Gasteiger partial charge is 0.465 e. The minimum Gasteiger partial charge on any atom is -0.465 e. The maximum Gasteiger partial charge on any atom is 0.140 e. The third kappa shape index (κ3) is 2.59. The Morgan fingerprint density at radius 1 is 1.32 bits per heavy atom. The van der Waals surface area contributed by atoms with Crippen molar-refractivity contribution in [3.8, 4) is 0 Å². The third-order valence-corrected chi connectivity index (χ3v) is 3.80. The molecule has 1 N–H and O–H groups in total. The molecule has 1 atom stereocenters. The quantitative estimate of drug-likeness (QED) is 0.916. The van der Waals surface area contributed by atoms with Crippen LogP contribution in [0.2, 0.25) is 0 Å². The maximum absolute atomic E-state index is 5.62. The van der Waals surface area contributed by atoms with Gasteiger partial charge in [0.15, 0.2) is 0 Å². The van der Waals surface area contributed by atoms with Crippen LogP contribution in [0.4, 0.5) is 0 Å². The molecule has 2 aromatic heterocycles. The fraction of sp³-hybridized carbons (Fsp3) is 0.533. The smallest absolute Gasteiger partial charge is 0.140 e. The van der Waals surface area contributed by atoms with E-state index in [9.17, 15) is 0 Å². The summed E-state index contributed by atoms with van der Waals surface area (Å²) in [6.45, 7) is 4.80. The summed E-state index contributed by atoms with van der Waals surface area (Å²) in [6, 6.07) is 4.20. The van der Waals surface area contributed by atoms with E-state index in [1.807, 2.05) is 19.1 Å². The maximum atomic E-state index is 5.62. The topological polar surface area (TPSA) is 51.2 Å². The number of nitrogens with zero attached hydrogens (tertiary/aromatic N) is 1. The Kier molecular flexibility index (Phi) is 3.42. The van der Waals surface area contributed by atoms with Crippen LogP contribution in [-0.2, 0) is 19.4 Å². The fourth-order valence-electron chi connectivity index (χ4n) is 2.62. The molecule has 0 radical (unpaired) electrons. The van der Waals surface area contributed by atoms with Gasteiger partial charge >= 0.3 is 0 Å². The van der Waals surface area contributed by atoms with Crippen LogP contribution in [0.5, 0.6) is 0 Å². The molecule has 19 heavy (non-hydrogen) atoms. The van der Waals surface area contributed by atoms with Crippen molar-refractivity contribution in [1.29, 1.82) is 0 Å². The van der Waals surface area contributed by atoms with Crippen LogP contribution in [0, 0.1) is 6.92 Å². The van der Waals surface area contributed by atoms with Gasteiger partial charge in [0.05, 0.1) is 6.04 Å². The average molecular weight is 260 g/mol. The lowest BCUT2D eigenvalue weighted by atomic mass is 9.96. The summed E-state index contributed by atoms with van der Waals surface area (Å²) in [5, 5.41) is 7.65. The highest BCUT2D eigenvalue weighted by molar-refractivity contribution is 5.25. The van der Waals surface area contributed by atoms with E-state index >= 15 is 0 Å². The summed E-state index contributed by atoms with van der Waals surface area (Å²) in [5.74, 6) is 3.00. The van der Waals surface area contributed by atoms with E-state index < -0.39 is 0 Å². The first-order valence-corrected chi connectivity index (χ1v) is 7.00. The summed E-state index contributed by atoms with van der Waals surface area (Å²) in [5.41, 5.74) is 2.38. The van der Waals surface area contributed by atoms with Crippen molar-refractivity contribution in [2.75, 3.05) is 0 Å². The lowest BCUT2D eigenvalue weighted by molar-refractivity contribution is 0.363. The second-order valence-corrected chi connectivity index (χ2v) is 5.29. The number of fused-ring (bicyclic) bond motifs is 1. The Balaban J connectivity index is 1.64. The zero-order valence-corrected chi connectivity index (χ0v) is 11.5. The third-order valence-electron chi connectivity index (χ3n) is 3.80. The lowest BCUT2D eigenvalue weighted by Gasteiger charge is -2.12. The number of hydrogen-bond acceptors (Lipinski definition) is 4. The molecule has 0 saturated heterocycles. The second kappa shape index (κ2) is 5.21. The molecule has 102 valence electrons. The van der Waals surface area contributed by atoms with E-state index in [0.29, 0.717) is 0 Å². The van der Waals surface area contributed by atoms with E-state index in [4.69, 9.17) is 8.94 Å². The molecule has 0 amide bonds. The monoisotopic (exact) mass is 260 g/mol. The van der Waals surface area contributed by atoms with E-state index in [1.54, 1.807) is 0 Å². The highest BCUT2D eigenvalue weighted by atomic mass is 16.5. The number of aromatic nitrogens is 1. The summed E-state index contributed by atoms with van der Waals surface area (Å²) in [7, 11) is 0. The van der Waals surface area contributed by atoms with Crippen LogP contribution in [-0.4, -0.2) is 5.16 Å². The van der Waals surface area contributed by atoms with Gasteiger partial charge in [-0.25, -0.2) is 0 Å². The molecular weight excluding hydrogens is 240 g/mol. The molecular formula is C15H20N2O2. The van der Waals surface area contributed by atoms with Gasteiger partial charge in [-0.3, -0.25) is 0 Å². The number of rotatable bonds is 4. The van der Waals surface area contributed by atoms with Gasteiger partial charge in [-0.2, -0.15) is 0 Å². The van der Waals surface area contributed by atoms with Crippen molar-refractivity contribution in [2.45, 2.75) is 52.1 Å². The summed E-state index contributed by atoms with van der Waals surface area (Å²) < 4.78 is 11.0. The number of nitrogens with one attached hydrogen (secondary N) is 1. The second-order valence-electron chi connectivity index (χ2n) is 5.29. The van der Waals surface area contributed by atoms with Crippen molar-refractivity contribution in [2.24, 2.45) is 0 Å². The molecule has 0 bridgehead atoms. The fourth-order valence-corrected chi connectivity index (χ4v) is 2.62. The molecule has 3 rings (SSSR count). The first kappa shape index (κ1) is 12.5.